The van der Waals surface area contributed by atoms with Gasteiger partial charge < -0.3 is 13.9 Å². The summed E-state index contributed by atoms with van der Waals surface area (Å²) in [6.45, 7) is 3.83. The molecule has 3 heterocycles. The highest BCUT2D eigenvalue weighted by molar-refractivity contribution is 6.24. The standard InChI is InChI=1S/C23H26N2O6/c1-4-12-23(22(28)30-5-2)18-17(19(24-23)16-7-6-13-31-16)20(26)25(21(18)27)14-8-10-15(29-3)11-9-14/h6-11,13,17-19,24H,4-5,12H2,1-3H3/t17-,18-,19-,23+/m1/s1. The minimum Gasteiger partial charge on any atom is -0.497 e. The highest BCUT2D eigenvalue weighted by Gasteiger charge is 2.69. The summed E-state index contributed by atoms with van der Waals surface area (Å²) >= 11 is 0. The van der Waals surface area contributed by atoms with Gasteiger partial charge in [0.15, 0.2) is 0 Å². The van der Waals surface area contributed by atoms with Gasteiger partial charge in [0.2, 0.25) is 11.8 Å². The van der Waals surface area contributed by atoms with Crippen LogP contribution in [0.2, 0.25) is 0 Å². The Kier molecular flexibility index (Phi) is 5.58. The van der Waals surface area contributed by atoms with Gasteiger partial charge in [0.25, 0.3) is 0 Å². The number of furan rings is 1. The number of imide groups is 1. The Labute approximate surface area is 180 Å². The van der Waals surface area contributed by atoms with Gasteiger partial charge in [-0.2, -0.15) is 0 Å². The third-order valence-electron chi connectivity index (χ3n) is 6.12. The molecule has 0 aliphatic carbocycles. The van der Waals surface area contributed by atoms with Crippen molar-refractivity contribution in [2.24, 2.45) is 11.8 Å². The van der Waals surface area contributed by atoms with E-state index in [1.165, 1.54) is 11.2 Å². The topological polar surface area (TPSA) is 98.1 Å². The van der Waals surface area contributed by atoms with Crippen LogP contribution in [0.1, 0.15) is 38.5 Å². The van der Waals surface area contributed by atoms with Gasteiger partial charge in [-0.05, 0) is 49.7 Å². The zero-order valence-corrected chi connectivity index (χ0v) is 17.8. The Bertz CT molecular complexity index is 970. The van der Waals surface area contributed by atoms with Crippen LogP contribution in [0.25, 0.3) is 0 Å². The second-order valence-corrected chi connectivity index (χ2v) is 7.79. The molecule has 8 heteroatoms. The fourth-order valence-corrected chi connectivity index (χ4v) is 4.87. The van der Waals surface area contributed by atoms with Crippen LogP contribution >= 0.6 is 0 Å². The van der Waals surface area contributed by atoms with E-state index < -0.39 is 35.3 Å². The summed E-state index contributed by atoms with van der Waals surface area (Å²) < 4.78 is 16.1. The lowest BCUT2D eigenvalue weighted by Crippen LogP contribution is -2.56. The quantitative estimate of drug-likeness (QED) is 0.537. The Morgan fingerprint density at radius 2 is 1.90 bits per heavy atom. The van der Waals surface area contributed by atoms with E-state index in [4.69, 9.17) is 13.9 Å². The number of fused-ring (bicyclic) bond motifs is 1. The summed E-state index contributed by atoms with van der Waals surface area (Å²) in [5.41, 5.74) is -0.862. The van der Waals surface area contributed by atoms with Crippen LogP contribution in [0.15, 0.2) is 47.1 Å². The summed E-state index contributed by atoms with van der Waals surface area (Å²) in [5.74, 6) is -1.84. The summed E-state index contributed by atoms with van der Waals surface area (Å²) in [5, 5.41) is 3.29. The Balaban J connectivity index is 1.81. The lowest BCUT2D eigenvalue weighted by molar-refractivity contribution is -0.155. The number of rotatable bonds is 7. The molecule has 0 radical (unpaired) electrons. The molecule has 2 fully saturated rings. The van der Waals surface area contributed by atoms with Crippen molar-refractivity contribution in [3.63, 3.8) is 0 Å². The van der Waals surface area contributed by atoms with Crippen molar-refractivity contribution in [1.82, 2.24) is 5.32 Å². The summed E-state index contributed by atoms with van der Waals surface area (Å²) in [7, 11) is 1.55. The van der Waals surface area contributed by atoms with E-state index in [0.29, 0.717) is 30.0 Å². The number of carbonyl (C=O) groups excluding carboxylic acids is 3. The summed E-state index contributed by atoms with van der Waals surface area (Å²) in [4.78, 5) is 41.6. The molecule has 2 amide bonds. The number of anilines is 1. The first kappa shape index (κ1) is 21.1. The first-order valence-electron chi connectivity index (χ1n) is 10.5. The van der Waals surface area contributed by atoms with E-state index in [2.05, 4.69) is 5.32 Å². The number of carbonyl (C=O) groups is 3. The van der Waals surface area contributed by atoms with Gasteiger partial charge in [0, 0.05) is 0 Å². The maximum Gasteiger partial charge on any atom is 0.327 e. The molecule has 1 aromatic heterocycles. The minimum atomic E-state index is -1.30. The fraction of sp³-hybridized carbons (Fsp3) is 0.435. The Morgan fingerprint density at radius 1 is 1.16 bits per heavy atom. The van der Waals surface area contributed by atoms with E-state index in [0.717, 1.165) is 0 Å². The van der Waals surface area contributed by atoms with Gasteiger partial charge >= 0.3 is 5.97 Å². The monoisotopic (exact) mass is 426 g/mol. The molecule has 2 aromatic rings. The Morgan fingerprint density at radius 3 is 2.48 bits per heavy atom. The molecule has 31 heavy (non-hydrogen) atoms. The number of hydrogen-bond acceptors (Lipinski definition) is 7. The van der Waals surface area contributed by atoms with E-state index in [1.807, 2.05) is 6.92 Å². The molecule has 164 valence electrons. The molecule has 2 aliphatic heterocycles. The number of esters is 1. The van der Waals surface area contributed by atoms with Gasteiger partial charge in [-0.3, -0.25) is 19.7 Å². The molecule has 1 N–H and O–H groups in total. The molecule has 4 atom stereocenters. The second-order valence-electron chi connectivity index (χ2n) is 7.79. The highest BCUT2D eigenvalue weighted by Crippen LogP contribution is 2.51. The number of nitrogens with one attached hydrogen (secondary N) is 1. The van der Waals surface area contributed by atoms with Crippen molar-refractivity contribution in [3.05, 3.63) is 48.4 Å². The molecule has 1 aromatic carbocycles. The first-order chi connectivity index (χ1) is 15.0. The zero-order valence-electron chi connectivity index (χ0n) is 17.8. The average molecular weight is 426 g/mol. The van der Waals surface area contributed by atoms with Crippen LogP contribution < -0.4 is 15.0 Å². The molecule has 8 nitrogen and oxygen atoms in total. The van der Waals surface area contributed by atoms with Crippen LogP contribution in [0, 0.1) is 11.8 Å². The molecular formula is C23H26N2O6. The summed E-state index contributed by atoms with van der Waals surface area (Å²) in [6, 6.07) is 9.56. The number of benzene rings is 1. The predicted molar refractivity (Wildman–Crippen MR) is 111 cm³/mol. The Hall–Kier alpha value is -3.13. The van der Waals surface area contributed by atoms with Crippen LogP contribution in [-0.2, 0) is 19.1 Å². The largest absolute Gasteiger partial charge is 0.497 e. The van der Waals surface area contributed by atoms with E-state index in [1.54, 1.807) is 50.4 Å². The first-order valence-corrected chi connectivity index (χ1v) is 10.5. The maximum atomic E-state index is 13.7. The predicted octanol–water partition coefficient (Wildman–Crippen LogP) is 2.84. The van der Waals surface area contributed by atoms with E-state index in [-0.39, 0.29) is 12.5 Å². The number of ether oxygens (including phenoxy) is 2. The number of methoxy groups -OCH3 is 1. The van der Waals surface area contributed by atoms with Gasteiger partial charge in [-0.1, -0.05) is 13.3 Å². The average Bonchev–Trinajstić information content (AvgIpc) is 3.46. The molecule has 2 saturated heterocycles. The van der Waals surface area contributed by atoms with Crippen molar-refractivity contribution in [2.45, 2.75) is 38.3 Å². The van der Waals surface area contributed by atoms with Gasteiger partial charge in [0.1, 0.15) is 17.0 Å². The normalized spacial score (nSPS) is 27.5. The van der Waals surface area contributed by atoms with E-state index >= 15 is 0 Å². The fourth-order valence-electron chi connectivity index (χ4n) is 4.87. The van der Waals surface area contributed by atoms with Gasteiger partial charge in [0.05, 0.1) is 43.5 Å². The minimum absolute atomic E-state index is 0.180. The summed E-state index contributed by atoms with van der Waals surface area (Å²) in [6.07, 6.45) is 2.50. The molecule has 4 rings (SSSR count). The van der Waals surface area contributed by atoms with Crippen LogP contribution in [0.3, 0.4) is 0 Å². The van der Waals surface area contributed by atoms with Crippen molar-refractivity contribution >= 4 is 23.5 Å². The maximum absolute atomic E-state index is 13.7. The van der Waals surface area contributed by atoms with E-state index in [9.17, 15) is 14.4 Å². The molecule has 0 saturated carbocycles. The van der Waals surface area contributed by atoms with Crippen molar-refractivity contribution < 1.29 is 28.3 Å². The third-order valence-corrected chi connectivity index (χ3v) is 6.12. The number of nitrogens with zero attached hydrogens (tertiary/aromatic N) is 1. The number of amides is 2. The van der Waals surface area contributed by atoms with Crippen LogP contribution in [0.5, 0.6) is 5.75 Å². The number of hydrogen-bond donors (Lipinski definition) is 1. The van der Waals surface area contributed by atoms with Crippen molar-refractivity contribution in [2.75, 3.05) is 18.6 Å². The van der Waals surface area contributed by atoms with Crippen LogP contribution in [-0.4, -0.2) is 37.0 Å². The molecule has 0 unspecified atom stereocenters. The lowest BCUT2D eigenvalue weighted by Gasteiger charge is -2.32. The lowest BCUT2D eigenvalue weighted by atomic mass is 9.77. The third kappa shape index (κ3) is 3.22. The molecule has 0 spiro atoms. The van der Waals surface area contributed by atoms with Crippen molar-refractivity contribution in [3.8, 4) is 5.75 Å². The highest BCUT2D eigenvalue weighted by atomic mass is 16.5. The molecule has 2 aliphatic rings. The van der Waals surface area contributed by atoms with Gasteiger partial charge in [-0.25, -0.2) is 4.90 Å². The zero-order chi connectivity index (χ0) is 22.2. The van der Waals surface area contributed by atoms with Gasteiger partial charge in [-0.15, -0.1) is 0 Å². The molecule has 0 bridgehead atoms. The smallest absolute Gasteiger partial charge is 0.327 e. The van der Waals surface area contributed by atoms with Crippen molar-refractivity contribution in [1.29, 1.82) is 0 Å². The molecular weight excluding hydrogens is 400 g/mol. The van der Waals surface area contributed by atoms with Crippen LogP contribution in [0.4, 0.5) is 5.69 Å². The SMILES string of the molecule is CCC[C@]1(C(=O)OCC)N[C@H](c2ccco2)[C@@H]2C(=O)N(c3ccc(OC)cc3)C(=O)[C@@H]21. The second kappa shape index (κ2) is 8.19.